The highest BCUT2D eigenvalue weighted by Crippen LogP contribution is 2.51. The summed E-state index contributed by atoms with van der Waals surface area (Å²) in [5, 5.41) is 14.6. The lowest BCUT2D eigenvalue weighted by Gasteiger charge is -2.31. The maximum absolute atomic E-state index is 13.7. The topological polar surface area (TPSA) is 84.9 Å². The van der Waals surface area contributed by atoms with Gasteiger partial charge in [-0.1, -0.05) is 62.4 Å². The normalized spacial score (nSPS) is 15.4. The summed E-state index contributed by atoms with van der Waals surface area (Å²) in [6, 6.07) is 17.6. The van der Waals surface area contributed by atoms with Gasteiger partial charge >= 0.3 is 5.97 Å². The van der Waals surface area contributed by atoms with Gasteiger partial charge in [-0.15, -0.1) is 0 Å². The largest absolute Gasteiger partial charge is 0.460 e. The summed E-state index contributed by atoms with van der Waals surface area (Å²) >= 11 is 0. The van der Waals surface area contributed by atoms with Crippen molar-refractivity contribution in [1.29, 1.82) is 0 Å². The molecule has 164 valence electrons. The van der Waals surface area contributed by atoms with Crippen LogP contribution in [0, 0.1) is 5.92 Å². The maximum Gasteiger partial charge on any atom is 0.320 e. The number of aliphatic hydroxyl groups excluding tert-OH is 1. The Morgan fingerprint density at radius 1 is 1.07 bits per heavy atom. The van der Waals surface area contributed by atoms with E-state index in [2.05, 4.69) is 5.32 Å². The lowest BCUT2D eigenvalue weighted by molar-refractivity contribution is -0.144. The van der Waals surface area contributed by atoms with Gasteiger partial charge in [-0.2, -0.15) is 0 Å². The Kier molecular flexibility index (Phi) is 9.73. The summed E-state index contributed by atoms with van der Waals surface area (Å²) in [7, 11) is -3.56. The molecule has 0 saturated carbocycles. The Morgan fingerprint density at radius 3 is 2.23 bits per heavy atom. The number of hydrogen-bond acceptors (Lipinski definition) is 6. The van der Waals surface area contributed by atoms with Crippen LogP contribution in [0.25, 0.3) is 0 Å². The lowest BCUT2D eigenvalue weighted by Crippen LogP contribution is -2.45. The first kappa shape index (κ1) is 24.3. The van der Waals surface area contributed by atoms with Crippen molar-refractivity contribution in [3.8, 4) is 0 Å². The van der Waals surface area contributed by atoms with E-state index in [4.69, 9.17) is 9.26 Å². The number of carbonyl (C=O) groups is 1. The average molecular weight is 433 g/mol. The summed E-state index contributed by atoms with van der Waals surface area (Å²) in [5.74, 6) is -1.52. The van der Waals surface area contributed by atoms with Gasteiger partial charge in [0, 0.05) is 11.3 Å². The molecule has 6 nitrogen and oxygen atoms in total. The summed E-state index contributed by atoms with van der Waals surface area (Å²) in [6.45, 7) is 6.04. The second kappa shape index (κ2) is 12.0. The van der Waals surface area contributed by atoms with Crippen molar-refractivity contribution in [2.45, 2.75) is 45.7 Å². The second-order valence-corrected chi connectivity index (χ2v) is 10.0. The van der Waals surface area contributed by atoms with E-state index in [9.17, 15) is 14.5 Å². The van der Waals surface area contributed by atoms with E-state index < -0.39 is 25.2 Å². The van der Waals surface area contributed by atoms with Crippen molar-refractivity contribution in [2.75, 3.05) is 13.2 Å². The molecule has 0 radical (unpaired) electrons. The van der Waals surface area contributed by atoms with Gasteiger partial charge in [0.05, 0.1) is 13.2 Å². The third-order valence-corrected chi connectivity index (χ3v) is 7.34. The average Bonchev–Trinajstić information content (AvgIpc) is 2.76. The standard InChI is InChI=1S/C23H32NO5P/c1-4-29-30(27,20-13-9-6-10-14-20)23(26)21(15-18(2)3)24-16-22(25)28-17-19-11-7-5-8-12-19/h5-14,18,21,23-24,26H,4,15-17H2,1-3H3/t21-,23?,30?/m0/s1. The molecule has 0 bridgehead atoms. The van der Waals surface area contributed by atoms with E-state index >= 15 is 0 Å². The van der Waals surface area contributed by atoms with Gasteiger partial charge in [0.25, 0.3) is 7.37 Å². The fourth-order valence-electron chi connectivity index (χ4n) is 3.19. The fraction of sp³-hybridized carbons (Fsp3) is 0.435. The summed E-state index contributed by atoms with van der Waals surface area (Å²) in [5.41, 5.74) is 0.898. The summed E-state index contributed by atoms with van der Waals surface area (Å²) < 4.78 is 24.6. The molecule has 3 atom stereocenters. The highest BCUT2D eigenvalue weighted by atomic mass is 31.2. The van der Waals surface area contributed by atoms with Crippen molar-refractivity contribution in [3.63, 3.8) is 0 Å². The third-order valence-electron chi connectivity index (χ3n) is 4.62. The van der Waals surface area contributed by atoms with Crippen LogP contribution in [0.3, 0.4) is 0 Å². The third kappa shape index (κ3) is 7.06. The highest BCUT2D eigenvalue weighted by molar-refractivity contribution is 7.67. The predicted octanol–water partition coefficient (Wildman–Crippen LogP) is 3.69. The van der Waals surface area contributed by atoms with Crippen LogP contribution in [0.1, 0.15) is 32.8 Å². The number of benzene rings is 2. The maximum atomic E-state index is 13.7. The first-order valence-electron chi connectivity index (χ1n) is 10.3. The molecule has 0 amide bonds. The predicted molar refractivity (Wildman–Crippen MR) is 119 cm³/mol. The molecule has 0 aliphatic carbocycles. The first-order chi connectivity index (χ1) is 14.4. The minimum absolute atomic E-state index is 0.0950. The molecule has 2 rings (SSSR count). The molecule has 2 aromatic carbocycles. The van der Waals surface area contributed by atoms with Crippen LogP contribution >= 0.6 is 7.37 Å². The zero-order chi connectivity index (χ0) is 22.0. The molecule has 7 heteroatoms. The lowest BCUT2D eigenvalue weighted by atomic mass is 10.0. The number of carbonyl (C=O) groups excluding carboxylic acids is 1. The monoisotopic (exact) mass is 433 g/mol. The smallest absolute Gasteiger partial charge is 0.320 e. The highest BCUT2D eigenvalue weighted by Gasteiger charge is 2.40. The van der Waals surface area contributed by atoms with Gasteiger partial charge in [0.2, 0.25) is 0 Å². The molecule has 0 aliphatic heterocycles. The van der Waals surface area contributed by atoms with Crippen molar-refractivity contribution < 1.29 is 23.7 Å². The van der Waals surface area contributed by atoms with E-state index in [-0.39, 0.29) is 25.7 Å². The van der Waals surface area contributed by atoms with Crippen molar-refractivity contribution in [1.82, 2.24) is 5.32 Å². The van der Waals surface area contributed by atoms with Gasteiger partial charge < -0.3 is 19.7 Å². The van der Waals surface area contributed by atoms with Crippen LogP contribution in [0.5, 0.6) is 0 Å². The molecule has 30 heavy (non-hydrogen) atoms. The van der Waals surface area contributed by atoms with Gasteiger partial charge in [-0.05, 0) is 37.0 Å². The van der Waals surface area contributed by atoms with Crippen molar-refractivity contribution in [3.05, 3.63) is 66.2 Å². The van der Waals surface area contributed by atoms with Crippen LogP contribution < -0.4 is 10.6 Å². The van der Waals surface area contributed by atoms with Crippen LogP contribution in [0.15, 0.2) is 60.7 Å². The number of nitrogens with one attached hydrogen (secondary N) is 1. The SMILES string of the molecule is CCOP(=O)(c1ccccc1)C(O)[C@H](CC(C)C)NCC(=O)OCc1ccccc1. The number of rotatable bonds is 12. The van der Waals surface area contributed by atoms with Crippen LogP contribution in [-0.4, -0.2) is 36.1 Å². The number of aliphatic hydroxyl groups is 1. The minimum atomic E-state index is -3.56. The fourth-order valence-corrected chi connectivity index (χ4v) is 5.47. The van der Waals surface area contributed by atoms with E-state index in [1.165, 1.54) is 0 Å². The molecule has 0 saturated heterocycles. The molecule has 0 aliphatic rings. The Labute approximate surface area is 179 Å². The molecular weight excluding hydrogens is 401 g/mol. The van der Waals surface area contributed by atoms with Crippen LogP contribution in [-0.2, 0) is 25.2 Å². The molecule has 0 aromatic heterocycles. The molecule has 0 spiro atoms. The van der Waals surface area contributed by atoms with Gasteiger partial charge in [-0.25, -0.2) is 0 Å². The minimum Gasteiger partial charge on any atom is -0.460 e. The Bertz CT molecular complexity index is 813. The van der Waals surface area contributed by atoms with Gasteiger partial charge in [0.15, 0.2) is 0 Å². The number of esters is 1. The Hall–Kier alpha value is -1.98. The van der Waals surface area contributed by atoms with Crippen molar-refractivity contribution in [2.24, 2.45) is 5.92 Å². The summed E-state index contributed by atoms with van der Waals surface area (Å²) in [6.07, 6.45) is 0.525. The number of hydrogen-bond donors (Lipinski definition) is 2. The van der Waals surface area contributed by atoms with E-state index in [1.807, 2.05) is 50.2 Å². The van der Waals surface area contributed by atoms with E-state index in [0.717, 1.165) is 5.56 Å². The Balaban J connectivity index is 2.07. The Morgan fingerprint density at radius 2 is 1.67 bits per heavy atom. The molecule has 2 aromatic rings. The van der Waals surface area contributed by atoms with Crippen LogP contribution in [0.2, 0.25) is 0 Å². The zero-order valence-electron chi connectivity index (χ0n) is 17.9. The van der Waals surface area contributed by atoms with Crippen LogP contribution in [0.4, 0.5) is 0 Å². The molecule has 2 unspecified atom stereocenters. The molecule has 2 N–H and O–H groups in total. The second-order valence-electron chi connectivity index (χ2n) is 7.53. The van der Waals surface area contributed by atoms with Gasteiger partial charge in [-0.3, -0.25) is 9.36 Å². The van der Waals surface area contributed by atoms with E-state index in [0.29, 0.717) is 11.7 Å². The quantitative estimate of drug-likeness (QED) is 0.392. The van der Waals surface area contributed by atoms with Gasteiger partial charge in [0.1, 0.15) is 12.5 Å². The summed E-state index contributed by atoms with van der Waals surface area (Å²) in [4.78, 5) is 12.2. The molecular formula is C23H32NO5P. The zero-order valence-corrected chi connectivity index (χ0v) is 18.8. The van der Waals surface area contributed by atoms with Crippen molar-refractivity contribution >= 4 is 18.6 Å². The first-order valence-corrected chi connectivity index (χ1v) is 12.0. The van der Waals surface area contributed by atoms with E-state index in [1.54, 1.807) is 31.2 Å². The molecule has 0 fully saturated rings. The molecule has 0 heterocycles. The number of ether oxygens (including phenoxy) is 1.